The van der Waals surface area contributed by atoms with Crippen LogP contribution in [0.1, 0.15) is 63.4 Å². The van der Waals surface area contributed by atoms with E-state index < -0.39 is 91.5 Å². The summed E-state index contributed by atoms with van der Waals surface area (Å²) in [4.78, 5) is 130. The Morgan fingerprint density at radius 1 is 0.764 bits per heavy atom. The summed E-state index contributed by atoms with van der Waals surface area (Å²) in [6.07, 6.45) is 3.60. The number of unbranched alkanes of at least 4 members (excludes halogenated alkanes) is 1. The van der Waals surface area contributed by atoms with Crippen LogP contribution in [0, 0.1) is 5.92 Å². The van der Waals surface area contributed by atoms with E-state index in [1.807, 2.05) is 24.3 Å². The van der Waals surface area contributed by atoms with Gasteiger partial charge < -0.3 is 77.3 Å². The highest BCUT2D eigenvalue weighted by molar-refractivity contribution is 5.96. The predicted octanol–water partition coefficient (Wildman–Crippen LogP) is -2.68. The number of ether oxygens (including phenoxy) is 4. The molecule has 2 heterocycles. The molecule has 4 atom stereocenters. The summed E-state index contributed by atoms with van der Waals surface area (Å²) in [6.45, 7) is 0.881. The number of nitrogens with zero attached hydrogens (tertiary/aromatic N) is 1. The maximum Gasteiger partial charge on any atom is 0.304 e. The number of Topliss-reactive ketones (excluding diaryl/α,β-unsaturated/α-hetero) is 2. The molecule has 1 aliphatic rings. The van der Waals surface area contributed by atoms with E-state index in [0.29, 0.717) is 71.5 Å². The van der Waals surface area contributed by atoms with Crippen LogP contribution in [0.25, 0.3) is 10.9 Å². The van der Waals surface area contributed by atoms with E-state index in [1.54, 1.807) is 13.2 Å². The number of benzene rings is 1. The van der Waals surface area contributed by atoms with Gasteiger partial charge in [0.2, 0.25) is 41.4 Å². The summed E-state index contributed by atoms with van der Waals surface area (Å²) >= 11 is 0. The average molecular weight is 1020 g/mol. The van der Waals surface area contributed by atoms with Crippen LogP contribution in [0.5, 0.6) is 0 Å². The zero-order chi connectivity index (χ0) is 52.7. The monoisotopic (exact) mass is 1020 g/mol. The van der Waals surface area contributed by atoms with E-state index in [9.17, 15) is 53.1 Å². The SMILES string of the molecule is CN[C@@H](Cc1c[nH]c2ccccc12)C(=O)C[C@@H](CC(=O)O)C(=O)N1CCC[C@H]1C(=O)NCC(=O)NCC(=O)NCC(=O)N[C@@H](CCCCNC(=O)COCCOCCCC(=O)COCCOCCN)C(N)=O. The molecule has 0 aliphatic carbocycles. The van der Waals surface area contributed by atoms with Crippen LogP contribution in [0.4, 0.5) is 0 Å². The van der Waals surface area contributed by atoms with Crippen molar-refractivity contribution in [2.45, 2.75) is 82.3 Å². The molecule has 7 amide bonds. The van der Waals surface area contributed by atoms with Gasteiger partial charge in [-0.05, 0) is 63.6 Å². The largest absolute Gasteiger partial charge is 0.481 e. The van der Waals surface area contributed by atoms with Gasteiger partial charge >= 0.3 is 5.97 Å². The highest BCUT2D eigenvalue weighted by Gasteiger charge is 2.39. The summed E-state index contributed by atoms with van der Waals surface area (Å²) < 4.78 is 21.1. The van der Waals surface area contributed by atoms with E-state index in [1.165, 1.54) is 4.90 Å². The number of nitrogens with two attached hydrogens (primary N) is 2. The smallest absolute Gasteiger partial charge is 0.304 e. The molecule has 3 rings (SSSR count). The van der Waals surface area contributed by atoms with E-state index in [-0.39, 0.29) is 76.3 Å². The second kappa shape index (κ2) is 34.1. The van der Waals surface area contributed by atoms with Crippen molar-refractivity contribution in [2.75, 3.05) is 99.2 Å². The first-order valence-electron chi connectivity index (χ1n) is 24.1. The van der Waals surface area contributed by atoms with Crippen molar-refractivity contribution in [3.8, 4) is 0 Å². The van der Waals surface area contributed by atoms with Crippen LogP contribution in [0.2, 0.25) is 0 Å². The van der Waals surface area contributed by atoms with Crippen molar-refractivity contribution >= 4 is 69.8 Å². The zero-order valence-corrected chi connectivity index (χ0v) is 40.9. The van der Waals surface area contributed by atoms with Crippen molar-refractivity contribution in [1.29, 1.82) is 0 Å². The van der Waals surface area contributed by atoms with Gasteiger partial charge in [-0.1, -0.05) is 18.2 Å². The highest BCUT2D eigenvalue weighted by Crippen LogP contribution is 2.25. The van der Waals surface area contributed by atoms with Crippen molar-refractivity contribution in [3.05, 3.63) is 36.0 Å². The lowest BCUT2D eigenvalue weighted by Gasteiger charge is -2.28. The molecule has 12 N–H and O–H groups in total. The van der Waals surface area contributed by atoms with Crippen LogP contribution in [-0.2, 0) is 73.3 Å². The van der Waals surface area contributed by atoms with Crippen molar-refractivity contribution in [3.63, 3.8) is 0 Å². The molecular weight excluding hydrogens is 945 g/mol. The Balaban J connectivity index is 1.27. The number of hydrogen-bond donors (Lipinski definition) is 10. The summed E-state index contributed by atoms with van der Waals surface area (Å²) in [5.41, 5.74) is 12.5. The molecule has 0 radical (unpaired) electrons. The molecule has 1 aromatic heterocycles. The van der Waals surface area contributed by atoms with E-state index in [2.05, 4.69) is 36.9 Å². The molecule has 25 nitrogen and oxygen atoms in total. The van der Waals surface area contributed by atoms with Gasteiger partial charge in [-0.3, -0.25) is 47.9 Å². The molecule has 0 bridgehead atoms. The summed E-state index contributed by atoms with van der Waals surface area (Å²) in [6, 6.07) is 4.78. The standard InChI is InChI=1S/C47H72N10O15/c1-50-37(22-32-25-52-35-10-3-2-9-34(32)35)39(59)23-31(24-44(64)65)47(68)57-15-6-12-38(57)46(67)55-27-41(61)53-26-40(60)54-28-42(62)56-36(45(49)66)11-4-5-14-51-43(63)30-72-21-18-69-16-7-8-33(58)29-71-20-19-70-17-13-48/h2-3,9-10,25,31,36-38,50,52H,4-8,11-24,26-30,48H2,1H3,(H2,49,66)(H,51,63)(H,53,61)(H,54,60)(H,55,67)(H,56,62)(H,64,65)/t31-,36-,37-,38-/m0/s1. The first-order chi connectivity index (χ1) is 34.6. The van der Waals surface area contributed by atoms with Gasteiger partial charge in [-0.25, -0.2) is 0 Å². The number of fused-ring (bicyclic) bond motifs is 1. The van der Waals surface area contributed by atoms with E-state index in [0.717, 1.165) is 16.5 Å². The lowest BCUT2D eigenvalue weighted by molar-refractivity contribution is -0.148. The fourth-order valence-electron chi connectivity index (χ4n) is 7.65. The normalized spacial score (nSPS) is 14.5. The molecule has 0 saturated carbocycles. The third kappa shape index (κ3) is 23.2. The van der Waals surface area contributed by atoms with Gasteiger partial charge in [-0.2, -0.15) is 0 Å². The number of H-pyrrole nitrogens is 1. The third-order valence-electron chi connectivity index (χ3n) is 11.4. The summed E-state index contributed by atoms with van der Waals surface area (Å²) in [5, 5.41) is 25.7. The second-order valence-corrected chi connectivity index (χ2v) is 17.0. The van der Waals surface area contributed by atoms with Gasteiger partial charge in [0.05, 0.1) is 71.0 Å². The van der Waals surface area contributed by atoms with Gasteiger partial charge in [0, 0.05) is 56.2 Å². The number of carbonyl (C=O) groups is 10. The number of amides is 7. The molecule has 400 valence electrons. The molecular formula is C47H72N10O15. The van der Waals surface area contributed by atoms with Crippen LogP contribution in [-0.4, -0.2) is 191 Å². The number of ketones is 2. The fraction of sp³-hybridized carbons (Fsp3) is 0.617. The number of carboxylic acid groups (broad SMARTS) is 1. The van der Waals surface area contributed by atoms with Crippen LogP contribution < -0.4 is 43.4 Å². The molecule has 1 saturated heterocycles. The van der Waals surface area contributed by atoms with Gasteiger partial charge in [0.25, 0.3) is 0 Å². The fourth-order valence-corrected chi connectivity index (χ4v) is 7.65. The van der Waals surface area contributed by atoms with Gasteiger partial charge in [-0.15, -0.1) is 0 Å². The number of primary amides is 1. The number of likely N-dealkylation sites (tertiary alicyclic amines) is 1. The molecule has 25 heteroatoms. The number of carbonyl (C=O) groups excluding carboxylic acids is 9. The molecule has 0 spiro atoms. The minimum Gasteiger partial charge on any atom is -0.481 e. The Hall–Kier alpha value is -6.38. The first-order valence-corrected chi connectivity index (χ1v) is 24.1. The molecule has 72 heavy (non-hydrogen) atoms. The number of rotatable bonds is 39. The minimum absolute atomic E-state index is 0.00845. The second-order valence-electron chi connectivity index (χ2n) is 17.0. The van der Waals surface area contributed by atoms with Gasteiger partial charge in [0.1, 0.15) is 25.3 Å². The number of para-hydroxylation sites is 1. The molecule has 1 aromatic carbocycles. The Morgan fingerprint density at radius 2 is 1.43 bits per heavy atom. The van der Waals surface area contributed by atoms with Crippen LogP contribution >= 0.6 is 0 Å². The molecule has 1 fully saturated rings. The Labute approximate surface area is 417 Å². The molecule has 0 unspecified atom stereocenters. The lowest BCUT2D eigenvalue weighted by Crippen LogP contribution is -2.51. The number of hydrogen-bond acceptors (Lipinski definition) is 16. The molecule has 1 aliphatic heterocycles. The van der Waals surface area contributed by atoms with Crippen LogP contribution in [0.15, 0.2) is 30.5 Å². The van der Waals surface area contributed by atoms with E-state index in [4.69, 9.17) is 30.4 Å². The summed E-state index contributed by atoms with van der Waals surface area (Å²) in [5.74, 6) is -7.67. The van der Waals surface area contributed by atoms with E-state index >= 15 is 0 Å². The zero-order valence-electron chi connectivity index (χ0n) is 40.9. The number of aromatic amines is 1. The number of likely N-dealkylation sites (N-methyl/N-ethyl adjacent to an activating group) is 1. The highest BCUT2D eigenvalue weighted by atomic mass is 16.5. The Kier molecular flexibility index (Phi) is 28.4. The van der Waals surface area contributed by atoms with Crippen molar-refractivity contribution in [2.24, 2.45) is 17.4 Å². The maximum absolute atomic E-state index is 13.7. The number of carboxylic acids is 1. The maximum atomic E-state index is 13.7. The predicted molar refractivity (Wildman–Crippen MR) is 259 cm³/mol. The summed E-state index contributed by atoms with van der Waals surface area (Å²) in [7, 11) is 1.61. The Morgan fingerprint density at radius 3 is 2.12 bits per heavy atom. The van der Waals surface area contributed by atoms with Crippen molar-refractivity contribution < 1.29 is 72.0 Å². The number of aliphatic carboxylic acids is 1. The minimum atomic E-state index is -1.28. The molecule has 2 aromatic rings. The topological polar surface area (TPSA) is 371 Å². The first kappa shape index (κ1) is 59.9. The van der Waals surface area contributed by atoms with Crippen molar-refractivity contribution in [1.82, 2.24) is 41.8 Å². The van der Waals surface area contributed by atoms with Crippen LogP contribution in [0.3, 0.4) is 0 Å². The quantitative estimate of drug-likeness (QED) is 0.0305. The lowest BCUT2D eigenvalue weighted by atomic mass is 9.91. The number of aromatic nitrogens is 1. The Bertz CT molecular complexity index is 2100. The average Bonchev–Trinajstić information content (AvgIpc) is 4.02. The van der Waals surface area contributed by atoms with Gasteiger partial charge in [0.15, 0.2) is 11.6 Å². The third-order valence-corrected chi connectivity index (χ3v) is 11.4. The number of nitrogens with one attached hydrogen (secondary N) is 7.